The minimum Gasteiger partial charge on any atom is -0.326 e. The highest BCUT2D eigenvalue weighted by Gasteiger charge is 2.36. The number of halogens is 1. The van der Waals surface area contributed by atoms with Gasteiger partial charge < -0.3 is 5.73 Å². The van der Waals surface area contributed by atoms with Gasteiger partial charge in [-0.05, 0) is 18.4 Å². The van der Waals surface area contributed by atoms with Crippen LogP contribution >= 0.6 is 12.4 Å². The molecule has 1 aliphatic rings. The summed E-state index contributed by atoms with van der Waals surface area (Å²) in [5.74, 6) is 0.0729. The molecule has 2 rings (SSSR count). The van der Waals surface area contributed by atoms with Crippen LogP contribution in [0.4, 0.5) is 5.69 Å². The fourth-order valence-electron chi connectivity index (χ4n) is 2.26. The number of nitrogens with zero attached hydrogens (tertiary/aromatic N) is 2. The molecule has 1 aromatic rings. The number of aryl methyl sites for hydroxylation is 1. The molecule has 1 aromatic carbocycles. The van der Waals surface area contributed by atoms with Crippen molar-refractivity contribution in [1.29, 1.82) is 0 Å². The predicted molar refractivity (Wildman–Crippen MR) is 81.0 cm³/mol. The minimum absolute atomic E-state index is 0. The van der Waals surface area contributed by atoms with E-state index in [4.69, 9.17) is 5.73 Å². The Hall–Kier alpha value is -1.22. The Morgan fingerprint density at radius 2 is 2.00 bits per heavy atom. The van der Waals surface area contributed by atoms with Gasteiger partial charge in [0, 0.05) is 31.3 Å². The average Bonchev–Trinajstić information content (AvgIpc) is 2.70. The lowest BCUT2D eigenvalue weighted by Crippen LogP contribution is -2.32. The van der Waals surface area contributed by atoms with Crippen molar-refractivity contribution in [2.24, 2.45) is 11.7 Å². The number of nitrogens with two attached hydrogens (primary N) is 1. The topological polar surface area (TPSA) is 107 Å². The van der Waals surface area contributed by atoms with Crippen LogP contribution < -0.4 is 5.73 Å². The molecule has 21 heavy (non-hydrogen) atoms. The van der Waals surface area contributed by atoms with E-state index in [1.807, 2.05) is 6.92 Å². The Labute approximate surface area is 129 Å². The van der Waals surface area contributed by atoms with E-state index in [0.717, 1.165) is 6.07 Å². The van der Waals surface area contributed by atoms with Crippen LogP contribution in [0.15, 0.2) is 23.1 Å². The van der Waals surface area contributed by atoms with Crippen molar-refractivity contribution in [3.8, 4) is 0 Å². The first-order valence-corrected chi connectivity index (χ1v) is 7.68. The summed E-state index contributed by atoms with van der Waals surface area (Å²) in [5, 5.41) is 10.8. The van der Waals surface area contributed by atoms with Crippen LogP contribution in [0, 0.1) is 23.0 Å². The number of non-ortho nitro benzene ring substituents is 1. The number of rotatable bonds is 3. The third-order valence-corrected chi connectivity index (χ3v) is 5.61. The van der Waals surface area contributed by atoms with Crippen molar-refractivity contribution in [2.45, 2.75) is 24.8 Å². The first kappa shape index (κ1) is 17.8. The monoisotopic (exact) mass is 335 g/mol. The second kappa shape index (κ2) is 6.27. The van der Waals surface area contributed by atoms with Gasteiger partial charge >= 0.3 is 0 Å². The van der Waals surface area contributed by atoms with Crippen LogP contribution in [0.1, 0.15) is 12.5 Å². The van der Waals surface area contributed by atoms with Gasteiger partial charge in [-0.15, -0.1) is 12.4 Å². The third-order valence-electron chi connectivity index (χ3n) is 3.64. The van der Waals surface area contributed by atoms with E-state index in [-0.39, 0.29) is 41.5 Å². The van der Waals surface area contributed by atoms with Crippen molar-refractivity contribution in [1.82, 2.24) is 4.31 Å². The van der Waals surface area contributed by atoms with Crippen molar-refractivity contribution in [2.75, 3.05) is 13.1 Å². The van der Waals surface area contributed by atoms with Crippen molar-refractivity contribution in [3.63, 3.8) is 0 Å². The number of sulfonamides is 1. The Morgan fingerprint density at radius 3 is 2.48 bits per heavy atom. The summed E-state index contributed by atoms with van der Waals surface area (Å²) in [6.07, 6.45) is 0. The molecular weight excluding hydrogens is 318 g/mol. The molecule has 1 heterocycles. The molecule has 0 saturated carbocycles. The summed E-state index contributed by atoms with van der Waals surface area (Å²) in [5.41, 5.74) is 6.10. The molecule has 7 nitrogen and oxygen atoms in total. The summed E-state index contributed by atoms with van der Waals surface area (Å²) in [7, 11) is -3.74. The van der Waals surface area contributed by atoms with Crippen LogP contribution in [0.25, 0.3) is 0 Å². The van der Waals surface area contributed by atoms with Gasteiger partial charge in [0.05, 0.1) is 9.82 Å². The summed E-state index contributed by atoms with van der Waals surface area (Å²) < 4.78 is 26.4. The highest BCUT2D eigenvalue weighted by atomic mass is 35.5. The van der Waals surface area contributed by atoms with Gasteiger partial charge in [0.15, 0.2) is 0 Å². The van der Waals surface area contributed by atoms with Crippen LogP contribution in [0.3, 0.4) is 0 Å². The summed E-state index contributed by atoms with van der Waals surface area (Å²) >= 11 is 0. The van der Waals surface area contributed by atoms with Crippen LogP contribution in [-0.2, 0) is 10.0 Å². The van der Waals surface area contributed by atoms with E-state index in [1.54, 1.807) is 6.92 Å². The number of benzene rings is 1. The SMILES string of the molecule is Cc1ccc([N+](=O)[O-])cc1S(=O)(=O)N1CC(C)C(N)C1.Cl. The molecule has 2 N–H and O–H groups in total. The molecule has 2 atom stereocenters. The Morgan fingerprint density at radius 1 is 1.38 bits per heavy atom. The van der Waals surface area contributed by atoms with Gasteiger partial charge in [-0.2, -0.15) is 4.31 Å². The second-order valence-corrected chi connectivity index (χ2v) is 7.08. The zero-order valence-corrected chi connectivity index (χ0v) is 13.4. The van der Waals surface area contributed by atoms with E-state index in [2.05, 4.69) is 0 Å². The molecular formula is C12H18ClN3O4S. The first-order chi connectivity index (χ1) is 9.23. The van der Waals surface area contributed by atoms with E-state index in [9.17, 15) is 18.5 Å². The maximum absolute atomic E-state index is 12.6. The smallest absolute Gasteiger partial charge is 0.270 e. The Bertz CT molecular complexity index is 640. The molecule has 0 aliphatic carbocycles. The van der Waals surface area contributed by atoms with Crippen LogP contribution in [0.2, 0.25) is 0 Å². The molecule has 2 unspecified atom stereocenters. The average molecular weight is 336 g/mol. The molecule has 0 amide bonds. The van der Waals surface area contributed by atoms with Gasteiger partial charge in [0.25, 0.3) is 5.69 Å². The van der Waals surface area contributed by atoms with E-state index in [1.165, 1.54) is 16.4 Å². The maximum Gasteiger partial charge on any atom is 0.270 e. The normalized spacial score (nSPS) is 22.8. The van der Waals surface area contributed by atoms with E-state index in [0.29, 0.717) is 12.1 Å². The zero-order chi connectivity index (χ0) is 15.1. The van der Waals surface area contributed by atoms with Gasteiger partial charge in [-0.3, -0.25) is 10.1 Å². The van der Waals surface area contributed by atoms with Crippen LogP contribution in [0.5, 0.6) is 0 Å². The third kappa shape index (κ3) is 3.34. The van der Waals surface area contributed by atoms with Crippen molar-refractivity contribution in [3.05, 3.63) is 33.9 Å². The molecule has 1 saturated heterocycles. The van der Waals surface area contributed by atoms with E-state index >= 15 is 0 Å². The number of nitro groups is 1. The second-order valence-electron chi connectivity index (χ2n) is 5.17. The predicted octanol–water partition coefficient (Wildman–Crippen LogP) is 1.29. The van der Waals surface area contributed by atoms with Gasteiger partial charge in [0.2, 0.25) is 10.0 Å². The highest BCUT2D eigenvalue weighted by Crippen LogP contribution is 2.28. The van der Waals surface area contributed by atoms with Crippen molar-refractivity contribution >= 4 is 28.1 Å². The largest absolute Gasteiger partial charge is 0.326 e. The summed E-state index contributed by atoms with van der Waals surface area (Å²) in [4.78, 5) is 10.2. The van der Waals surface area contributed by atoms with Crippen molar-refractivity contribution < 1.29 is 13.3 Å². The van der Waals surface area contributed by atoms with Gasteiger partial charge in [0.1, 0.15) is 0 Å². The Kier molecular flexibility index (Phi) is 5.32. The fraction of sp³-hybridized carbons (Fsp3) is 0.500. The number of nitro benzene ring substituents is 1. The molecule has 0 bridgehead atoms. The number of hydrogen-bond donors (Lipinski definition) is 1. The Balaban J connectivity index is 0.00000220. The molecule has 118 valence electrons. The summed E-state index contributed by atoms with van der Waals surface area (Å²) in [6.45, 7) is 4.09. The zero-order valence-electron chi connectivity index (χ0n) is 11.7. The minimum atomic E-state index is -3.74. The lowest BCUT2D eigenvalue weighted by Gasteiger charge is -2.17. The van der Waals surface area contributed by atoms with Gasteiger partial charge in [-0.1, -0.05) is 13.0 Å². The molecule has 1 fully saturated rings. The summed E-state index contributed by atoms with van der Waals surface area (Å²) in [6, 6.07) is 3.65. The maximum atomic E-state index is 12.6. The molecule has 0 radical (unpaired) electrons. The quantitative estimate of drug-likeness (QED) is 0.661. The fourth-order valence-corrected chi connectivity index (χ4v) is 4.08. The molecule has 0 spiro atoms. The van der Waals surface area contributed by atoms with Gasteiger partial charge in [-0.25, -0.2) is 8.42 Å². The first-order valence-electron chi connectivity index (χ1n) is 6.24. The standard InChI is InChI=1S/C12H17N3O4S.ClH/c1-8-3-4-10(15(16)17)5-12(8)20(18,19)14-6-9(2)11(13)7-14;/h3-5,9,11H,6-7,13H2,1-2H3;1H. The lowest BCUT2D eigenvalue weighted by molar-refractivity contribution is -0.385. The molecule has 9 heteroatoms. The molecule has 0 aromatic heterocycles. The van der Waals surface area contributed by atoms with Crippen LogP contribution in [-0.4, -0.2) is 36.8 Å². The van der Waals surface area contributed by atoms with E-state index < -0.39 is 14.9 Å². The lowest BCUT2D eigenvalue weighted by atomic mass is 10.1. The number of hydrogen-bond acceptors (Lipinski definition) is 5. The highest BCUT2D eigenvalue weighted by molar-refractivity contribution is 7.89. The molecule has 1 aliphatic heterocycles.